The van der Waals surface area contributed by atoms with Crippen molar-refractivity contribution in [3.05, 3.63) is 0 Å². The molecule has 0 bridgehead atoms. The fraction of sp³-hybridized carbons (Fsp3) is 0.972. The first-order chi connectivity index (χ1) is 23.4. The Hall–Kier alpha value is -0.930. The lowest BCUT2D eigenvalue weighted by molar-refractivity contribution is -0.260. The molecule has 9 atom stereocenters. The molecular formula is C36H54O12. The molecule has 6 saturated heterocycles. The number of hydrogen-bond acceptors (Lipinski definition) is 12. The molecule has 4 aliphatic carbocycles. The monoisotopic (exact) mass is 678 g/mol. The molecule has 6 aliphatic heterocycles. The number of esters is 1. The van der Waals surface area contributed by atoms with Crippen LogP contribution < -0.4 is 0 Å². The topological polar surface area (TPSA) is 130 Å². The van der Waals surface area contributed by atoms with Crippen molar-refractivity contribution in [1.82, 2.24) is 0 Å². The molecule has 0 aromatic carbocycles. The standard InChI is InChI=1S/C18H28O6.C18H26O6/c2*19-16-15-14(23-18(24-15)9-5-2-6-10-18)13(21-16)12-11-20-17(22-12)7-3-1-4-8-17/h12-16,19H,1-11H2;12-15H,1-11H2/t12?,13-,14?,15+,16?;12?,13-,14?,15+/m00/s1. The quantitative estimate of drug-likeness (QED) is 0.408. The molecule has 48 heavy (non-hydrogen) atoms. The molecule has 4 saturated carbocycles. The van der Waals surface area contributed by atoms with E-state index < -0.39 is 47.8 Å². The van der Waals surface area contributed by atoms with Crippen LogP contribution in [0.2, 0.25) is 0 Å². The van der Waals surface area contributed by atoms with Gasteiger partial charge >= 0.3 is 5.97 Å². The van der Waals surface area contributed by atoms with Gasteiger partial charge in [0, 0.05) is 51.4 Å². The van der Waals surface area contributed by atoms with Crippen molar-refractivity contribution in [2.24, 2.45) is 0 Å². The lowest BCUT2D eigenvalue weighted by Gasteiger charge is -2.35. The van der Waals surface area contributed by atoms with Crippen LogP contribution in [0.3, 0.4) is 0 Å². The van der Waals surface area contributed by atoms with E-state index in [4.69, 9.17) is 47.4 Å². The van der Waals surface area contributed by atoms with Crippen molar-refractivity contribution in [2.75, 3.05) is 13.2 Å². The molecule has 0 radical (unpaired) electrons. The van der Waals surface area contributed by atoms with E-state index in [2.05, 4.69) is 0 Å². The molecule has 12 heteroatoms. The van der Waals surface area contributed by atoms with Gasteiger partial charge in [0.05, 0.1) is 13.2 Å². The van der Waals surface area contributed by atoms with E-state index in [0.29, 0.717) is 13.2 Å². The minimum absolute atomic E-state index is 0.185. The van der Waals surface area contributed by atoms with Crippen LogP contribution in [0.15, 0.2) is 0 Å². The third-order valence-corrected chi connectivity index (χ3v) is 12.7. The molecule has 0 aromatic heterocycles. The van der Waals surface area contributed by atoms with Crippen LogP contribution in [0, 0.1) is 0 Å². The predicted octanol–water partition coefficient (Wildman–Crippen LogP) is 4.66. The largest absolute Gasteiger partial charge is 0.455 e. The summed E-state index contributed by atoms with van der Waals surface area (Å²) in [6.45, 7) is 0.981. The van der Waals surface area contributed by atoms with Gasteiger partial charge < -0.3 is 52.5 Å². The Kier molecular flexibility index (Phi) is 8.87. The van der Waals surface area contributed by atoms with Gasteiger partial charge in [-0.2, -0.15) is 0 Å². The fourth-order valence-corrected chi connectivity index (χ4v) is 10.2. The number of ether oxygens (including phenoxy) is 10. The van der Waals surface area contributed by atoms with Crippen LogP contribution in [0.1, 0.15) is 128 Å². The molecule has 0 aromatic rings. The first-order valence-corrected chi connectivity index (χ1v) is 19.3. The molecule has 10 aliphatic rings. The normalized spacial score (nSPS) is 44.9. The third kappa shape index (κ3) is 5.97. The first kappa shape index (κ1) is 32.9. The van der Waals surface area contributed by atoms with Gasteiger partial charge in [0.15, 0.2) is 41.6 Å². The Labute approximate surface area is 283 Å². The molecule has 4 spiro atoms. The van der Waals surface area contributed by atoms with Crippen LogP contribution in [0.5, 0.6) is 0 Å². The SMILES string of the molecule is O=C1O[C@@H](C2COC3(CCCCC3)O2)C2OC3(CCCCC3)O[C@@H]12.OC1O[C@@H](C2COC3(CCCCC3)O2)C2OC3(CCCCC3)O[C@@H]12. The zero-order valence-corrected chi connectivity index (χ0v) is 28.2. The van der Waals surface area contributed by atoms with Gasteiger partial charge in [0.25, 0.3) is 0 Å². The molecule has 0 amide bonds. The molecule has 270 valence electrons. The summed E-state index contributed by atoms with van der Waals surface area (Å²) < 4.78 is 60.9. The number of carbonyl (C=O) groups excluding carboxylic acids is 1. The molecule has 12 nitrogen and oxygen atoms in total. The molecular weight excluding hydrogens is 624 g/mol. The second-order valence-corrected chi connectivity index (χ2v) is 16.0. The van der Waals surface area contributed by atoms with Gasteiger partial charge in [0.1, 0.15) is 36.6 Å². The van der Waals surface area contributed by atoms with Crippen LogP contribution in [-0.4, -0.2) is 103 Å². The number of aliphatic hydroxyl groups is 1. The van der Waals surface area contributed by atoms with Gasteiger partial charge in [-0.05, 0) is 51.4 Å². The molecule has 10 fully saturated rings. The Balaban J connectivity index is 0.000000131. The Morgan fingerprint density at radius 1 is 0.458 bits per heavy atom. The maximum absolute atomic E-state index is 12.3. The third-order valence-electron chi connectivity index (χ3n) is 12.7. The van der Waals surface area contributed by atoms with Crippen molar-refractivity contribution >= 4 is 5.97 Å². The molecule has 10 rings (SSSR count). The van der Waals surface area contributed by atoms with Crippen LogP contribution in [0.25, 0.3) is 0 Å². The van der Waals surface area contributed by atoms with Crippen LogP contribution >= 0.6 is 0 Å². The van der Waals surface area contributed by atoms with Crippen LogP contribution in [-0.2, 0) is 52.2 Å². The Morgan fingerprint density at radius 2 is 0.896 bits per heavy atom. The minimum atomic E-state index is -0.937. The molecule has 6 heterocycles. The highest BCUT2D eigenvalue weighted by Gasteiger charge is 2.63. The average molecular weight is 679 g/mol. The smallest absolute Gasteiger partial charge is 0.338 e. The van der Waals surface area contributed by atoms with E-state index in [1.54, 1.807) is 0 Å². The van der Waals surface area contributed by atoms with Gasteiger partial charge in [-0.15, -0.1) is 0 Å². The maximum Gasteiger partial charge on any atom is 0.338 e. The highest BCUT2D eigenvalue weighted by atomic mass is 16.8. The predicted molar refractivity (Wildman–Crippen MR) is 165 cm³/mol. The zero-order valence-electron chi connectivity index (χ0n) is 28.2. The maximum atomic E-state index is 12.3. The van der Waals surface area contributed by atoms with E-state index in [9.17, 15) is 9.90 Å². The Morgan fingerprint density at radius 3 is 1.44 bits per heavy atom. The van der Waals surface area contributed by atoms with Gasteiger partial charge in [-0.1, -0.05) is 25.7 Å². The fourth-order valence-electron chi connectivity index (χ4n) is 10.2. The van der Waals surface area contributed by atoms with Gasteiger partial charge in [0.2, 0.25) is 0 Å². The number of hydrogen-bond donors (Lipinski definition) is 1. The van der Waals surface area contributed by atoms with Crippen molar-refractivity contribution in [1.29, 1.82) is 0 Å². The summed E-state index contributed by atoms with van der Waals surface area (Å²) in [7, 11) is 0. The van der Waals surface area contributed by atoms with E-state index in [0.717, 1.165) is 103 Å². The number of fused-ring (bicyclic) bond motifs is 2. The van der Waals surface area contributed by atoms with E-state index in [1.807, 2.05) is 0 Å². The van der Waals surface area contributed by atoms with Gasteiger partial charge in [-0.25, -0.2) is 4.79 Å². The lowest BCUT2D eigenvalue weighted by Crippen LogP contribution is -2.43. The summed E-state index contributed by atoms with van der Waals surface area (Å²) in [4.78, 5) is 12.3. The van der Waals surface area contributed by atoms with Gasteiger partial charge in [-0.3, -0.25) is 0 Å². The zero-order chi connectivity index (χ0) is 32.4. The number of rotatable bonds is 2. The summed E-state index contributed by atoms with van der Waals surface area (Å²) >= 11 is 0. The number of cyclic esters (lactones) is 1. The van der Waals surface area contributed by atoms with Crippen molar-refractivity contribution in [3.8, 4) is 0 Å². The summed E-state index contributed by atoms with van der Waals surface area (Å²) in [5.41, 5.74) is 0. The summed E-state index contributed by atoms with van der Waals surface area (Å²) in [6, 6.07) is 0. The van der Waals surface area contributed by atoms with E-state index >= 15 is 0 Å². The lowest BCUT2D eigenvalue weighted by atomic mass is 9.94. The van der Waals surface area contributed by atoms with Crippen molar-refractivity contribution in [2.45, 2.75) is 207 Å². The summed E-state index contributed by atoms with van der Waals surface area (Å²) in [6.07, 6.45) is 17.5. The molecule has 5 unspecified atom stereocenters. The highest BCUT2D eigenvalue weighted by molar-refractivity contribution is 5.78. The second-order valence-electron chi connectivity index (χ2n) is 16.0. The Bertz CT molecular complexity index is 1160. The van der Waals surface area contributed by atoms with E-state index in [-0.39, 0.29) is 36.5 Å². The number of carbonyl (C=O) groups is 1. The minimum Gasteiger partial charge on any atom is -0.455 e. The summed E-state index contributed by atoms with van der Waals surface area (Å²) in [5.74, 6) is -2.29. The van der Waals surface area contributed by atoms with Crippen molar-refractivity contribution in [3.63, 3.8) is 0 Å². The number of aliphatic hydroxyl groups excluding tert-OH is 1. The van der Waals surface area contributed by atoms with E-state index in [1.165, 1.54) is 25.7 Å². The van der Waals surface area contributed by atoms with Crippen LogP contribution in [0.4, 0.5) is 0 Å². The second kappa shape index (κ2) is 12.9. The van der Waals surface area contributed by atoms with Crippen molar-refractivity contribution < 1.29 is 57.3 Å². The molecule has 1 N–H and O–H groups in total. The summed E-state index contributed by atoms with van der Waals surface area (Å²) in [5, 5.41) is 10.3. The first-order valence-electron chi connectivity index (χ1n) is 19.3. The average Bonchev–Trinajstić information content (AvgIpc) is 3.95. The highest BCUT2D eigenvalue weighted by Crippen LogP contribution is 2.49.